The van der Waals surface area contributed by atoms with E-state index in [2.05, 4.69) is 5.32 Å². The molecule has 0 aliphatic carbocycles. The highest BCUT2D eigenvalue weighted by Gasteiger charge is 2.30. The van der Waals surface area contributed by atoms with Gasteiger partial charge in [-0.1, -0.05) is 6.07 Å². The van der Waals surface area contributed by atoms with Gasteiger partial charge < -0.3 is 14.6 Å². The van der Waals surface area contributed by atoms with Crippen LogP contribution in [0.5, 0.6) is 5.75 Å². The molecule has 0 aliphatic rings. The number of rotatable bonds is 5. The fourth-order valence-electron chi connectivity index (χ4n) is 2.03. The maximum Gasteiger partial charge on any atom is 0.416 e. The van der Waals surface area contributed by atoms with E-state index in [1.54, 1.807) is 13.0 Å². The van der Waals surface area contributed by atoms with Crippen molar-refractivity contribution in [2.45, 2.75) is 19.6 Å². The van der Waals surface area contributed by atoms with Crippen LogP contribution in [0.4, 0.5) is 18.9 Å². The van der Waals surface area contributed by atoms with E-state index in [0.717, 1.165) is 16.7 Å². The third-order valence-corrected chi connectivity index (χ3v) is 3.07. The molecule has 0 aliphatic heterocycles. The molecular formula is C16H15F3N2O3. The minimum atomic E-state index is -4.50. The lowest BCUT2D eigenvalue weighted by atomic mass is 10.2. The van der Waals surface area contributed by atoms with Crippen LogP contribution < -0.4 is 15.6 Å². The van der Waals surface area contributed by atoms with E-state index in [4.69, 9.17) is 4.74 Å². The van der Waals surface area contributed by atoms with Crippen LogP contribution in [0, 0.1) is 0 Å². The largest absolute Gasteiger partial charge is 0.488 e. The van der Waals surface area contributed by atoms with Crippen LogP contribution in [0.1, 0.15) is 12.5 Å². The number of carbonyl (C=O) groups is 1. The highest BCUT2D eigenvalue weighted by molar-refractivity contribution is 5.90. The summed E-state index contributed by atoms with van der Waals surface area (Å²) in [7, 11) is 0. The van der Waals surface area contributed by atoms with E-state index in [1.807, 2.05) is 0 Å². The Labute approximate surface area is 135 Å². The summed E-state index contributed by atoms with van der Waals surface area (Å²) in [5.41, 5.74) is -1.35. The smallest absolute Gasteiger partial charge is 0.416 e. The monoisotopic (exact) mass is 340 g/mol. The molecule has 0 bridgehead atoms. The van der Waals surface area contributed by atoms with Gasteiger partial charge in [-0.05, 0) is 37.3 Å². The number of aromatic nitrogens is 1. The van der Waals surface area contributed by atoms with E-state index >= 15 is 0 Å². The molecule has 2 rings (SSSR count). The molecule has 0 spiro atoms. The molecule has 0 fully saturated rings. The number of halogens is 3. The number of hydrogen-bond acceptors (Lipinski definition) is 3. The van der Waals surface area contributed by atoms with Gasteiger partial charge in [-0.25, -0.2) is 0 Å². The Hall–Kier alpha value is -2.77. The van der Waals surface area contributed by atoms with E-state index in [-0.39, 0.29) is 18.0 Å². The first-order valence-electron chi connectivity index (χ1n) is 7.10. The minimum absolute atomic E-state index is 0.00355. The van der Waals surface area contributed by atoms with Gasteiger partial charge >= 0.3 is 6.18 Å². The molecule has 0 saturated carbocycles. The van der Waals surface area contributed by atoms with Crippen LogP contribution >= 0.6 is 0 Å². The summed E-state index contributed by atoms with van der Waals surface area (Å²) in [6.45, 7) is 1.68. The van der Waals surface area contributed by atoms with Crippen LogP contribution in [0.15, 0.2) is 47.4 Å². The van der Waals surface area contributed by atoms with Crippen molar-refractivity contribution in [2.75, 3.05) is 11.9 Å². The zero-order valence-electron chi connectivity index (χ0n) is 12.8. The van der Waals surface area contributed by atoms with Crippen molar-refractivity contribution in [1.82, 2.24) is 4.57 Å². The van der Waals surface area contributed by atoms with Gasteiger partial charge in [-0.15, -0.1) is 0 Å². The topological polar surface area (TPSA) is 60.3 Å². The summed E-state index contributed by atoms with van der Waals surface area (Å²) in [5, 5.41) is 2.34. The van der Waals surface area contributed by atoms with Crippen molar-refractivity contribution in [3.05, 3.63) is 58.5 Å². The average Bonchev–Trinajstić information content (AvgIpc) is 2.51. The number of anilines is 1. The van der Waals surface area contributed by atoms with Crippen molar-refractivity contribution in [2.24, 2.45) is 0 Å². The van der Waals surface area contributed by atoms with E-state index < -0.39 is 23.2 Å². The summed E-state index contributed by atoms with van der Waals surface area (Å²) in [6, 6.07) is 7.30. The highest BCUT2D eigenvalue weighted by Crippen LogP contribution is 2.30. The molecule has 1 aromatic heterocycles. The number of alkyl halides is 3. The number of carbonyl (C=O) groups excluding carboxylic acids is 1. The van der Waals surface area contributed by atoms with Gasteiger partial charge in [-0.3, -0.25) is 9.59 Å². The fraction of sp³-hybridized carbons (Fsp3) is 0.250. The molecule has 1 heterocycles. The third kappa shape index (κ3) is 4.37. The van der Waals surface area contributed by atoms with E-state index in [9.17, 15) is 22.8 Å². The lowest BCUT2D eigenvalue weighted by Gasteiger charge is -2.11. The normalized spacial score (nSPS) is 11.2. The molecule has 1 aromatic carbocycles. The van der Waals surface area contributed by atoms with Gasteiger partial charge in [0.15, 0.2) is 5.75 Å². The first-order chi connectivity index (χ1) is 11.3. The second kappa shape index (κ2) is 7.20. The van der Waals surface area contributed by atoms with Crippen molar-refractivity contribution in [1.29, 1.82) is 0 Å². The molecule has 0 unspecified atom stereocenters. The summed E-state index contributed by atoms with van der Waals surface area (Å²) in [4.78, 5) is 24.0. The van der Waals surface area contributed by atoms with Crippen molar-refractivity contribution >= 4 is 11.6 Å². The average molecular weight is 340 g/mol. The van der Waals surface area contributed by atoms with Crippen molar-refractivity contribution < 1.29 is 22.7 Å². The van der Waals surface area contributed by atoms with Gasteiger partial charge in [0.2, 0.25) is 5.91 Å². The number of hydrogen-bond donors (Lipinski definition) is 1. The molecular weight excluding hydrogens is 325 g/mol. The van der Waals surface area contributed by atoms with Gasteiger partial charge in [0, 0.05) is 11.9 Å². The highest BCUT2D eigenvalue weighted by atomic mass is 19.4. The Morgan fingerprint density at radius 2 is 2.00 bits per heavy atom. The van der Waals surface area contributed by atoms with Crippen LogP contribution in [0.2, 0.25) is 0 Å². The Kier molecular flexibility index (Phi) is 5.28. The molecule has 24 heavy (non-hydrogen) atoms. The molecule has 0 atom stereocenters. The summed E-state index contributed by atoms with van der Waals surface area (Å²) in [6.07, 6.45) is -3.10. The maximum absolute atomic E-state index is 12.7. The third-order valence-electron chi connectivity index (χ3n) is 3.07. The first kappa shape index (κ1) is 17.6. The summed E-state index contributed by atoms with van der Waals surface area (Å²) >= 11 is 0. The predicted molar refractivity (Wildman–Crippen MR) is 81.9 cm³/mol. The molecule has 1 N–H and O–H groups in total. The van der Waals surface area contributed by atoms with Gasteiger partial charge in [-0.2, -0.15) is 13.2 Å². The van der Waals surface area contributed by atoms with Crippen LogP contribution in [-0.4, -0.2) is 17.1 Å². The summed E-state index contributed by atoms with van der Waals surface area (Å²) in [5.74, 6) is -0.517. The van der Waals surface area contributed by atoms with Gasteiger partial charge in [0.05, 0.1) is 12.2 Å². The molecule has 0 saturated heterocycles. The molecule has 0 radical (unpaired) electrons. The maximum atomic E-state index is 12.7. The lowest BCUT2D eigenvalue weighted by molar-refractivity contribution is -0.137. The van der Waals surface area contributed by atoms with Crippen LogP contribution in [0.25, 0.3) is 0 Å². The van der Waals surface area contributed by atoms with Crippen LogP contribution in [-0.2, 0) is 17.5 Å². The standard InChI is InChI=1S/C16H15F3N2O3/c1-2-24-13-7-4-8-21(15(13)23)10-14(22)20-12-6-3-5-11(9-12)16(17,18)19/h3-9H,2,10H2,1H3,(H,20,22). The number of benzene rings is 1. The lowest BCUT2D eigenvalue weighted by Crippen LogP contribution is -2.28. The molecule has 128 valence electrons. The molecule has 2 aromatic rings. The number of ether oxygens (including phenoxy) is 1. The number of nitrogens with one attached hydrogen (secondary N) is 1. The number of nitrogens with zero attached hydrogens (tertiary/aromatic N) is 1. The zero-order chi connectivity index (χ0) is 17.7. The Morgan fingerprint density at radius 3 is 2.67 bits per heavy atom. The fourth-order valence-corrected chi connectivity index (χ4v) is 2.03. The quantitative estimate of drug-likeness (QED) is 0.910. The van der Waals surface area contributed by atoms with E-state index in [1.165, 1.54) is 24.4 Å². The Bertz CT molecular complexity index is 785. The van der Waals surface area contributed by atoms with Crippen LogP contribution in [0.3, 0.4) is 0 Å². The SMILES string of the molecule is CCOc1cccn(CC(=O)Nc2cccc(C(F)(F)F)c2)c1=O. The van der Waals surface area contributed by atoms with Crippen molar-refractivity contribution in [3.8, 4) is 5.75 Å². The van der Waals surface area contributed by atoms with E-state index in [0.29, 0.717) is 6.61 Å². The second-order valence-electron chi connectivity index (χ2n) is 4.87. The van der Waals surface area contributed by atoms with Crippen molar-refractivity contribution in [3.63, 3.8) is 0 Å². The minimum Gasteiger partial charge on any atom is -0.488 e. The Balaban J connectivity index is 2.12. The first-order valence-corrected chi connectivity index (χ1v) is 7.10. The summed E-state index contributed by atoms with van der Waals surface area (Å²) < 4.78 is 44.2. The molecule has 1 amide bonds. The van der Waals surface area contributed by atoms with Gasteiger partial charge in [0.1, 0.15) is 6.54 Å². The number of pyridine rings is 1. The second-order valence-corrected chi connectivity index (χ2v) is 4.87. The zero-order valence-corrected chi connectivity index (χ0v) is 12.8. The number of amides is 1. The predicted octanol–water partition coefficient (Wildman–Crippen LogP) is 2.90. The molecule has 5 nitrogen and oxygen atoms in total. The Morgan fingerprint density at radius 1 is 1.25 bits per heavy atom. The van der Waals surface area contributed by atoms with Gasteiger partial charge in [0.25, 0.3) is 5.56 Å². The molecule has 8 heteroatoms.